The quantitative estimate of drug-likeness (QED) is 0.820. The van der Waals surface area contributed by atoms with Crippen LogP contribution in [0, 0.1) is 30.6 Å². The maximum absolute atomic E-state index is 12.1. The van der Waals surface area contributed by atoms with E-state index in [4.69, 9.17) is 5.26 Å². The predicted octanol–water partition coefficient (Wildman–Crippen LogP) is 2.81. The van der Waals surface area contributed by atoms with Gasteiger partial charge in [-0.15, -0.1) is 0 Å². The first-order chi connectivity index (χ1) is 8.27. The molecular formula is C15H20N2O. The normalized spacial score (nSPS) is 10.9. The fraction of sp³-hybridized carbons (Fsp3) is 0.467. The Balaban J connectivity index is 2.89. The topological polar surface area (TPSA) is 44.1 Å². The highest BCUT2D eigenvalue weighted by atomic mass is 16.2. The predicted molar refractivity (Wildman–Crippen MR) is 71.8 cm³/mol. The number of hydrogen-bond donors (Lipinski definition) is 0. The lowest BCUT2D eigenvalue weighted by atomic mass is 9.93. The zero-order chi connectivity index (χ0) is 13.9. The lowest BCUT2D eigenvalue weighted by Gasteiger charge is -2.24. The van der Waals surface area contributed by atoms with Gasteiger partial charge in [-0.2, -0.15) is 5.26 Å². The summed E-state index contributed by atoms with van der Waals surface area (Å²) >= 11 is 0. The van der Waals surface area contributed by atoms with E-state index < -0.39 is 5.41 Å². The van der Waals surface area contributed by atoms with Gasteiger partial charge in [0.1, 0.15) is 5.41 Å². The number of carbonyl (C=O) groups excluding carboxylic acids is 1. The SMILES string of the molecule is Cc1ccc(C)c(CN(C)C(=O)C(C)(C)C#N)c1. The van der Waals surface area contributed by atoms with E-state index in [1.807, 2.05) is 19.9 Å². The van der Waals surface area contributed by atoms with Gasteiger partial charge in [0, 0.05) is 13.6 Å². The Morgan fingerprint density at radius 2 is 2.00 bits per heavy atom. The maximum atomic E-state index is 12.1. The molecule has 0 aromatic heterocycles. The Hall–Kier alpha value is -1.82. The molecular weight excluding hydrogens is 224 g/mol. The third-order valence-electron chi connectivity index (χ3n) is 3.07. The Morgan fingerprint density at radius 3 is 2.56 bits per heavy atom. The van der Waals surface area contributed by atoms with E-state index in [0.717, 1.165) is 11.1 Å². The van der Waals surface area contributed by atoms with Gasteiger partial charge in [0.25, 0.3) is 0 Å². The Kier molecular flexibility index (Phi) is 4.13. The fourth-order valence-corrected chi connectivity index (χ4v) is 1.82. The molecule has 0 heterocycles. The summed E-state index contributed by atoms with van der Waals surface area (Å²) in [6.07, 6.45) is 0. The summed E-state index contributed by atoms with van der Waals surface area (Å²) in [5.41, 5.74) is 2.50. The van der Waals surface area contributed by atoms with Crippen LogP contribution in [-0.4, -0.2) is 17.9 Å². The monoisotopic (exact) mass is 244 g/mol. The van der Waals surface area contributed by atoms with Crippen LogP contribution in [0.4, 0.5) is 0 Å². The molecule has 1 amide bonds. The summed E-state index contributed by atoms with van der Waals surface area (Å²) < 4.78 is 0. The minimum atomic E-state index is -0.966. The molecule has 0 N–H and O–H groups in total. The third kappa shape index (κ3) is 3.10. The summed E-state index contributed by atoms with van der Waals surface area (Å²) in [4.78, 5) is 13.7. The number of carbonyl (C=O) groups is 1. The first-order valence-electron chi connectivity index (χ1n) is 6.01. The summed E-state index contributed by atoms with van der Waals surface area (Å²) in [5, 5.41) is 8.98. The average molecular weight is 244 g/mol. The molecule has 0 saturated carbocycles. The van der Waals surface area contributed by atoms with E-state index in [-0.39, 0.29) is 5.91 Å². The molecule has 0 aliphatic carbocycles. The van der Waals surface area contributed by atoms with Crippen molar-refractivity contribution in [3.05, 3.63) is 34.9 Å². The van der Waals surface area contributed by atoms with E-state index >= 15 is 0 Å². The van der Waals surface area contributed by atoms with Crippen LogP contribution in [0.25, 0.3) is 0 Å². The van der Waals surface area contributed by atoms with E-state index in [9.17, 15) is 4.79 Å². The van der Waals surface area contributed by atoms with Gasteiger partial charge in [-0.1, -0.05) is 23.8 Å². The first kappa shape index (κ1) is 14.2. The highest BCUT2D eigenvalue weighted by molar-refractivity contribution is 5.84. The Bertz CT molecular complexity index is 498. The third-order valence-corrected chi connectivity index (χ3v) is 3.07. The number of aryl methyl sites for hydroxylation is 2. The van der Waals surface area contributed by atoms with Crippen LogP contribution in [0.2, 0.25) is 0 Å². The minimum absolute atomic E-state index is 0.147. The van der Waals surface area contributed by atoms with Crippen molar-refractivity contribution >= 4 is 5.91 Å². The van der Waals surface area contributed by atoms with Gasteiger partial charge in [0.05, 0.1) is 6.07 Å². The Morgan fingerprint density at radius 1 is 1.39 bits per heavy atom. The molecule has 0 radical (unpaired) electrons. The molecule has 18 heavy (non-hydrogen) atoms. The first-order valence-corrected chi connectivity index (χ1v) is 6.01. The molecule has 0 aliphatic rings. The minimum Gasteiger partial charge on any atom is -0.340 e. The zero-order valence-electron chi connectivity index (χ0n) is 11.7. The van der Waals surface area contributed by atoms with E-state index in [1.165, 1.54) is 5.56 Å². The second kappa shape index (κ2) is 5.22. The van der Waals surface area contributed by atoms with Gasteiger partial charge in [-0.25, -0.2) is 0 Å². The number of rotatable bonds is 3. The number of benzene rings is 1. The second-order valence-electron chi connectivity index (χ2n) is 5.33. The van der Waals surface area contributed by atoms with Crippen LogP contribution < -0.4 is 0 Å². The molecule has 0 bridgehead atoms. The molecule has 1 aromatic rings. The van der Waals surface area contributed by atoms with Crippen LogP contribution in [-0.2, 0) is 11.3 Å². The molecule has 96 valence electrons. The zero-order valence-corrected chi connectivity index (χ0v) is 11.7. The van der Waals surface area contributed by atoms with Crippen LogP contribution in [0.3, 0.4) is 0 Å². The molecule has 0 spiro atoms. The summed E-state index contributed by atoms with van der Waals surface area (Å²) in [6.45, 7) is 7.90. The lowest BCUT2D eigenvalue weighted by molar-refractivity contribution is -0.136. The molecule has 0 atom stereocenters. The highest BCUT2D eigenvalue weighted by Gasteiger charge is 2.30. The summed E-state index contributed by atoms with van der Waals surface area (Å²) in [5.74, 6) is -0.147. The summed E-state index contributed by atoms with van der Waals surface area (Å²) in [7, 11) is 1.74. The van der Waals surface area contributed by atoms with Gasteiger partial charge in [0.15, 0.2) is 0 Å². The van der Waals surface area contributed by atoms with Crippen molar-refractivity contribution in [2.24, 2.45) is 5.41 Å². The molecule has 0 fully saturated rings. The van der Waals surface area contributed by atoms with E-state index in [1.54, 1.807) is 25.8 Å². The van der Waals surface area contributed by atoms with Crippen LogP contribution in [0.5, 0.6) is 0 Å². The van der Waals surface area contributed by atoms with Crippen molar-refractivity contribution in [3.8, 4) is 6.07 Å². The number of nitrogens with zero attached hydrogens (tertiary/aromatic N) is 2. The van der Waals surface area contributed by atoms with Gasteiger partial charge < -0.3 is 4.90 Å². The standard InChI is InChI=1S/C15H20N2O/c1-11-6-7-12(2)13(8-11)9-17(5)14(18)15(3,4)10-16/h6-8H,9H2,1-5H3. The van der Waals surface area contributed by atoms with Crippen molar-refractivity contribution < 1.29 is 4.79 Å². The van der Waals surface area contributed by atoms with Crippen molar-refractivity contribution in [1.29, 1.82) is 5.26 Å². The molecule has 0 aliphatic heterocycles. The van der Waals surface area contributed by atoms with Crippen molar-refractivity contribution in [2.45, 2.75) is 34.2 Å². The van der Waals surface area contributed by atoms with Gasteiger partial charge in [-0.05, 0) is 38.8 Å². The molecule has 1 rings (SSSR count). The van der Waals surface area contributed by atoms with Crippen molar-refractivity contribution in [2.75, 3.05) is 7.05 Å². The smallest absolute Gasteiger partial charge is 0.242 e. The van der Waals surface area contributed by atoms with Crippen LogP contribution in [0.15, 0.2) is 18.2 Å². The number of amides is 1. The van der Waals surface area contributed by atoms with Crippen LogP contribution >= 0.6 is 0 Å². The van der Waals surface area contributed by atoms with Crippen LogP contribution in [0.1, 0.15) is 30.5 Å². The van der Waals surface area contributed by atoms with E-state index in [2.05, 4.69) is 18.2 Å². The molecule has 0 unspecified atom stereocenters. The van der Waals surface area contributed by atoms with Gasteiger partial charge in [-0.3, -0.25) is 4.79 Å². The second-order valence-corrected chi connectivity index (χ2v) is 5.33. The number of hydrogen-bond acceptors (Lipinski definition) is 2. The van der Waals surface area contributed by atoms with Crippen molar-refractivity contribution in [1.82, 2.24) is 4.90 Å². The molecule has 1 aromatic carbocycles. The lowest BCUT2D eigenvalue weighted by Crippen LogP contribution is -2.37. The van der Waals surface area contributed by atoms with E-state index in [0.29, 0.717) is 6.54 Å². The molecule has 3 heteroatoms. The fourth-order valence-electron chi connectivity index (χ4n) is 1.82. The maximum Gasteiger partial charge on any atom is 0.242 e. The van der Waals surface area contributed by atoms with Gasteiger partial charge >= 0.3 is 0 Å². The summed E-state index contributed by atoms with van der Waals surface area (Å²) in [6, 6.07) is 8.23. The van der Waals surface area contributed by atoms with Crippen molar-refractivity contribution in [3.63, 3.8) is 0 Å². The number of nitriles is 1. The molecule has 3 nitrogen and oxygen atoms in total. The highest BCUT2D eigenvalue weighted by Crippen LogP contribution is 2.19. The Labute approximate surface area is 109 Å². The largest absolute Gasteiger partial charge is 0.340 e. The average Bonchev–Trinajstić information content (AvgIpc) is 2.32. The molecule has 0 saturated heterocycles. The van der Waals surface area contributed by atoms with Gasteiger partial charge in [0.2, 0.25) is 5.91 Å².